The minimum Gasteiger partial charge on any atom is -0.497 e. The number of carbonyl (C=O) groups excluding carboxylic acids is 4. The lowest BCUT2D eigenvalue weighted by molar-refractivity contribution is -0.132. The highest BCUT2D eigenvalue weighted by molar-refractivity contribution is 6.21. The molecule has 0 aliphatic carbocycles. The van der Waals surface area contributed by atoms with E-state index in [0.717, 1.165) is 5.69 Å². The Bertz CT molecular complexity index is 1220. The fourth-order valence-corrected chi connectivity index (χ4v) is 4.15. The first-order chi connectivity index (χ1) is 15.3. The summed E-state index contributed by atoms with van der Waals surface area (Å²) < 4.78 is 7.09. The molecule has 3 aromatic rings. The number of urea groups is 1. The summed E-state index contributed by atoms with van der Waals surface area (Å²) in [6.07, 6.45) is 0. The standard InChI is InChI=1S/C24H21N3O5/c1-13-18(14(2)28)19(20-22(29)25-24(31)26-23(20)30)21(15-7-5-4-6-8-15)27(13)16-9-11-17(32-3)12-10-16/h4-12,20H,1-3H3,(H2,25,26,29,30,31). The third-order valence-electron chi connectivity index (χ3n) is 5.46. The molecule has 1 saturated heterocycles. The molecule has 0 radical (unpaired) electrons. The van der Waals surface area contributed by atoms with Crippen LogP contribution in [-0.4, -0.2) is 35.3 Å². The molecule has 1 aromatic heterocycles. The quantitative estimate of drug-likeness (QED) is 0.477. The molecule has 162 valence electrons. The molecule has 0 atom stereocenters. The van der Waals surface area contributed by atoms with Crippen molar-refractivity contribution in [1.82, 2.24) is 15.2 Å². The van der Waals surface area contributed by atoms with Crippen molar-refractivity contribution in [3.8, 4) is 22.7 Å². The summed E-state index contributed by atoms with van der Waals surface area (Å²) in [4.78, 5) is 50.0. The van der Waals surface area contributed by atoms with Gasteiger partial charge in [-0.2, -0.15) is 0 Å². The van der Waals surface area contributed by atoms with Crippen molar-refractivity contribution in [2.45, 2.75) is 19.8 Å². The van der Waals surface area contributed by atoms with Gasteiger partial charge in [0.25, 0.3) is 0 Å². The van der Waals surface area contributed by atoms with Gasteiger partial charge in [0.05, 0.1) is 12.8 Å². The number of Topliss-reactive ketones (excluding diaryl/α,β-unsaturated/α-hetero) is 1. The van der Waals surface area contributed by atoms with Crippen molar-refractivity contribution in [3.63, 3.8) is 0 Å². The highest BCUT2D eigenvalue weighted by atomic mass is 16.5. The number of hydrogen-bond donors (Lipinski definition) is 2. The number of aromatic nitrogens is 1. The van der Waals surface area contributed by atoms with Crippen LogP contribution in [-0.2, 0) is 9.59 Å². The number of hydrogen-bond acceptors (Lipinski definition) is 5. The van der Waals surface area contributed by atoms with Gasteiger partial charge in [0, 0.05) is 22.5 Å². The first-order valence-corrected chi connectivity index (χ1v) is 9.95. The van der Waals surface area contributed by atoms with E-state index in [1.54, 1.807) is 26.2 Å². The van der Waals surface area contributed by atoms with E-state index in [-0.39, 0.29) is 16.9 Å². The predicted molar refractivity (Wildman–Crippen MR) is 117 cm³/mol. The molecule has 0 bridgehead atoms. The Morgan fingerprint density at radius 1 is 0.938 bits per heavy atom. The van der Waals surface area contributed by atoms with E-state index in [9.17, 15) is 19.2 Å². The van der Waals surface area contributed by atoms with E-state index in [1.807, 2.05) is 47.0 Å². The number of barbiturate groups is 1. The van der Waals surface area contributed by atoms with Crippen molar-refractivity contribution >= 4 is 23.6 Å². The lowest BCUT2D eigenvalue weighted by Gasteiger charge is -2.23. The molecule has 4 amide bonds. The fourth-order valence-electron chi connectivity index (χ4n) is 4.15. The Balaban J connectivity index is 2.08. The van der Waals surface area contributed by atoms with Crippen LogP contribution in [0.3, 0.4) is 0 Å². The Morgan fingerprint density at radius 3 is 2.06 bits per heavy atom. The molecule has 32 heavy (non-hydrogen) atoms. The number of methoxy groups -OCH3 is 1. The van der Waals surface area contributed by atoms with E-state index < -0.39 is 23.8 Å². The van der Waals surface area contributed by atoms with Gasteiger partial charge in [-0.1, -0.05) is 30.3 Å². The van der Waals surface area contributed by atoms with Crippen LogP contribution >= 0.6 is 0 Å². The Kier molecular flexibility index (Phi) is 5.36. The molecule has 0 spiro atoms. The average Bonchev–Trinajstić information content (AvgIpc) is 3.06. The maximum atomic E-state index is 12.8. The molecule has 4 rings (SSSR count). The first kappa shape index (κ1) is 21.0. The summed E-state index contributed by atoms with van der Waals surface area (Å²) in [6, 6.07) is 15.5. The zero-order valence-corrected chi connectivity index (χ0v) is 17.8. The van der Waals surface area contributed by atoms with Crippen LogP contribution < -0.4 is 15.4 Å². The molecule has 2 N–H and O–H groups in total. The first-order valence-electron chi connectivity index (χ1n) is 9.95. The van der Waals surface area contributed by atoms with Gasteiger partial charge in [0.15, 0.2) is 5.78 Å². The molecule has 2 heterocycles. The van der Waals surface area contributed by atoms with Gasteiger partial charge in [-0.05, 0) is 43.7 Å². The number of ketones is 1. The van der Waals surface area contributed by atoms with Crippen LogP contribution in [0.1, 0.15) is 34.5 Å². The summed E-state index contributed by atoms with van der Waals surface area (Å²) in [7, 11) is 1.57. The number of benzene rings is 2. The maximum Gasteiger partial charge on any atom is 0.328 e. The van der Waals surface area contributed by atoms with Gasteiger partial charge in [0.1, 0.15) is 11.7 Å². The summed E-state index contributed by atoms with van der Waals surface area (Å²) in [5.41, 5.74) is 3.08. The number of nitrogens with one attached hydrogen (secondary N) is 2. The molecule has 8 heteroatoms. The molecule has 2 aromatic carbocycles. The second-order valence-corrected chi connectivity index (χ2v) is 7.42. The second-order valence-electron chi connectivity index (χ2n) is 7.42. The normalized spacial score (nSPS) is 14.2. The Morgan fingerprint density at radius 2 is 1.53 bits per heavy atom. The van der Waals surface area contributed by atoms with E-state index in [0.29, 0.717) is 22.7 Å². The SMILES string of the molecule is COc1ccc(-n2c(C)c(C(C)=O)c(C3C(=O)NC(=O)NC3=O)c2-c2ccccc2)cc1. The van der Waals surface area contributed by atoms with Gasteiger partial charge in [-0.25, -0.2) is 4.79 Å². The largest absolute Gasteiger partial charge is 0.497 e. The van der Waals surface area contributed by atoms with Crippen molar-refractivity contribution in [1.29, 1.82) is 0 Å². The number of rotatable bonds is 5. The lowest BCUT2D eigenvalue weighted by atomic mass is 9.88. The van der Waals surface area contributed by atoms with Gasteiger partial charge in [-0.15, -0.1) is 0 Å². The lowest BCUT2D eigenvalue weighted by Crippen LogP contribution is -2.54. The molecule has 1 fully saturated rings. The fraction of sp³-hybridized carbons (Fsp3) is 0.167. The second kappa shape index (κ2) is 8.14. The molecule has 1 aliphatic heterocycles. The summed E-state index contributed by atoms with van der Waals surface area (Å²) in [5.74, 6) is -2.54. The Labute approximate surface area is 184 Å². The van der Waals surface area contributed by atoms with Crippen LogP contribution in [0.15, 0.2) is 54.6 Å². The minimum atomic E-state index is -1.36. The van der Waals surface area contributed by atoms with Crippen LogP contribution in [0.25, 0.3) is 16.9 Å². The van der Waals surface area contributed by atoms with Crippen LogP contribution in [0.4, 0.5) is 4.79 Å². The smallest absolute Gasteiger partial charge is 0.328 e. The van der Waals surface area contributed by atoms with E-state index in [4.69, 9.17) is 4.74 Å². The molecule has 0 saturated carbocycles. The molecule has 0 unspecified atom stereocenters. The third kappa shape index (κ3) is 3.45. The minimum absolute atomic E-state index is 0.263. The van der Waals surface area contributed by atoms with Crippen molar-refractivity contribution in [2.24, 2.45) is 0 Å². The number of imide groups is 2. The van der Waals surface area contributed by atoms with Crippen molar-refractivity contribution in [3.05, 3.63) is 71.4 Å². The van der Waals surface area contributed by atoms with Crippen LogP contribution in [0, 0.1) is 6.92 Å². The van der Waals surface area contributed by atoms with Crippen molar-refractivity contribution in [2.75, 3.05) is 7.11 Å². The van der Waals surface area contributed by atoms with E-state index in [1.165, 1.54) is 6.92 Å². The maximum absolute atomic E-state index is 12.8. The molecule has 8 nitrogen and oxygen atoms in total. The van der Waals surface area contributed by atoms with Gasteiger partial charge >= 0.3 is 6.03 Å². The number of ether oxygens (including phenoxy) is 1. The van der Waals surface area contributed by atoms with E-state index >= 15 is 0 Å². The number of nitrogens with zero attached hydrogens (tertiary/aromatic N) is 1. The Hall–Kier alpha value is -4.20. The highest BCUT2D eigenvalue weighted by Crippen LogP contribution is 2.40. The summed E-state index contributed by atoms with van der Waals surface area (Å²) in [5, 5.41) is 4.28. The monoisotopic (exact) mass is 431 g/mol. The van der Waals surface area contributed by atoms with Gasteiger partial charge in [-0.3, -0.25) is 25.0 Å². The third-order valence-corrected chi connectivity index (χ3v) is 5.46. The molecular formula is C24H21N3O5. The molecular weight excluding hydrogens is 410 g/mol. The average molecular weight is 431 g/mol. The van der Waals surface area contributed by atoms with Crippen LogP contribution in [0.2, 0.25) is 0 Å². The topological polar surface area (TPSA) is 106 Å². The molecule has 1 aliphatic rings. The zero-order valence-electron chi connectivity index (χ0n) is 17.8. The number of carbonyl (C=O) groups is 4. The van der Waals surface area contributed by atoms with Crippen LogP contribution in [0.5, 0.6) is 5.75 Å². The predicted octanol–water partition coefficient (Wildman–Crippen LogP) is 3.11. The van der Waals surface area contributed by atoms with Crippen molar-refractivity contribution < 1.29 is 23.9 Å². The van der Waals surface area contributed by atoms with E-state index in [2.05, 4.69) is 10.6 Å². The highest BCUT2D eigenvalue weighted by Gasteiger charge is 2.41. The number of amides is 4. The summed E-state index contributed by atoms with van der Waals surface area (Å²) >= 11 is 0. The van der Waals surface area contributed by atoms with Gasteiger partial charge in [0.2, 0.25) is 11.8 Å². The van der Waals surface area contributed by atoms with Gasteiger partial charge < -0.3 is 9.30 Å². The summed E-state index contributed by atoms with van der Waals surface area (Å²) in [6.45, 7) is 3.16. The zero-order chi connectivity index (χ0) is 23.0.